The summed E-state index contributed by atoms with van der Waals surface area (Å²) in [5.74, 6) is 0.602. The molecule has 1 unspecified atom stereocenters. The molecule has 2 fully saturated rings. The third kappa shape index (κ3) is 2.99. The van der Waals surface area contributed by atoms with Crippen LogP contribution in [0.5, 0.6) is 0 Å². The second-order valence-electron chi connectivity index (χ2n) is 6.18. The van der Waals surface area contributed by atoms with E-state index in [1.54, 1.807) is 0 Å². The molecule has 2 aliphatic rings. The lowest BCUT2D eigenvalue weighted by Crippen LogP contribution is -2.49. The highest BCUT2D eigenvalue weighted by Crippen LogP contribution is 2.25. The van der Waals surface area contributed by atoms with Gasteiger partial charge in [0.05, 0.1) is 5.92 Å². The summed E-state index contributed by atoms with van der Waals surface area (Å²) in [6.07, 6.45) is 1.03. The number of carbonyl (C=O) groups excluding carboxylic acids is 1. The maximum atomic E-state index is 12.3. The Kier molecular flexibility index (Phi) is 3.73. The number of likely N-dealkylation sites (tertiary alicyclic amines) is 1. The zero-order valence-corrected chi connectivity index (χ0v) is 11.3. The van der Waals surface area contributed by atoms with Crippen molar-refractivity contribution in [2.75, 3.05) is 39.3 Å². The molecule has 1 N–H and O–H groups in total. The van der Waals surface area contributed by atoms with Crippen molar-refractivity contribution >= 4 is 5.91 Å². The van der Waals surface area contributed by atoms with E-state index in [-0.39, 0.29) is 11.5 Å². The third-order valence-corrected chi connectivity index (χ3v) is 3.91. The molecule has 0 radical (unpaired) electrons. The van der Waals surface area contributed by atoms with Crippen LogP contribution in [-0.2, 0) is 4.79 Å². The SMILES string of the molecule is CC(C)(C)N1CCC(C(=O)N2CCNCC2)C1. The highest BCUT2D eigenvalue weighted by Gasteiger charge is 2.35. The fourth-order valence-corrected chi connectivity index (χ4v) is 2.71. The van der Waals surface area contributed by atoms with Crippen molar-refractivity contribution in [3.05, 3.63) is 0 Å². The molecule has 0 aliphatic carbocycles. The molecule has 2 rings (SSSR count). The standard InChI is InChI=1S/C13H25N3O/c1-13(2,3)16-7-4-11(10-16)12(17)15-8-5-14-6-9-15/h11,14H,4-10H2,1-3H3. The average molecular weight is 239 g/mol. The number of piperazine rings is 1. The van der Waals surface area contributed by atoms with E-state index in [1.165, 1.54) is 0 Å². The first-order chi connectivity index (χ1) is 7.98. The minimum Gasteiger partial charge on any atom is -0.340 e. The van der Waals surface area contributed by atoms with E-state index in [4.69, 9.17) is 0 Å². The minimum absolute atomic E-state index is 0.193. The van der Waals surface area contributed by atoms with Gasteiger partial charge in [-0.15, -0.1) is 0 Å². The van der Waals surface area contributed by atoms with E-state index in [1.807, 2.05) is 4.90 Å². The van der Waals surface area contributed by atoms with Crippen molar-refractivity contribution in [2.24, 2.45) is 5.92 Å². The molecule has 17 heavy (non-hydrogen) atoms. The predicted octanol–water partition coefficient (Wildman–Crippen LogP) is 0.539. The molecule has 98 valence electrons. The topological polar surface area (TPSA) is 35.6 Å². The molecule has 2 saturated heterocycles. The third-order valence-electron chi connectivity index (χ3n) is 3.91. The van der Waals surface area contributed by atoms with Gasteiger partial charge in [-0.3, -0.25) is 9.69 Å². The van der Waals surface area contributed by atoms with Gasteiger partial charge in [0.15, 0.2) is 0 Å². The van der Waals surface area contributed by atoms with Crippen LogP contribution in [-0.4, -0.2) is 60.5 Å². The van der Waals surface area contributed by atoms with Gasteiger partial charge in [-0.2, -0.15) is 0 Å². The summed E-state index contributed by atoms with van der Waals surface area (Å²) < 4.78 is 0. The molecule has 4 heteroatoms. The smallest absolute Gasteiger partial charge is 0.227 e. The van der Waals surface area contributed by atoms with E-state index in [9.17, 15) is 4.79 Å². The molecule has 0 bridgehead atoms. The van der Waals surface area contributed by atoms with Gasteiger partial charge in [-0.1, -0.05) is 0 Å². The highest BCUT2D eigenvalue weighted by molar-refractivity contribution is 5.79. The van der Waals surface area contributed by atoms with Crippen LogP contribution in [0.15, 0.2) is 0 Å². The van der Waals surface area contributed by atoms with Crippen molar-refractivity contribution in [1.82, 2.24) is 15.1 Å². The van der Waals surface area contributed by atoms with E-state index in [0.29, 0.717) is 5.91 Å². The van der Waals surface area contributed by atoms with Crippen molar-refractivity contribution in [1.29, 1.82) is 0 Å². The van der Waals surface area contributed by atoms with Crippen LogP contribution < -0.4 is 5.32 Å². The van der Waals surface area contributed by atoms with Gasteiger partial charge in [-0.05, 0) is 33.7 Å². The lowest BCUT2D eigenvalue weighted by Gasteiger charge is -2.33. The second-order valence-corrected chi connectivity index (χ2v) is 6.18. The van der Waals surface area contributed by atoms with E-state index in [2.05, 4.69) is 31.0 Å². The maximum Gasteiger partial charge on any atom is 0.227 e. The van der Waals surface area contributed by atoms with E-state index in [0.717, 1.165) is 45.7 Å². The number of nitrogens with zero attached hydrogens (tertiary/aromatic N) is 2. The fraction of sp³-hybridized carbons (Fsp3) is 0.923. The van der Waals surface area contributed by atoms with Crippen LogP contribution in [0.25, 0.3) is 0 Å². The van der Waals surface area contributed by atoms with Gasteiger partial charge in [0.25, 0.3) is 0 Å². The van der Waals surface area contributed by atoms with Crippen LogP contribution in [0.4, 0.5) is 0 Å². The molecule has 0 aromatic heterocycles. The lowest BCUT2D eigenvalue weighted by atomic mass is 10.1. The summed E-state index contributed by atoms with van der Waals surface area (Å²) in [5, 5.41) is 3.29. The number of nitrogens with one attached hydrogen (secondary N) is 1. The van der Waals surface area contributed by atoms with Gasteiger partial charge in [0.1, 0.15) is 0 Å². The fourth-order valence-electron chi connectivity index (χ4n) is 2.71. The molecular weight excluding hydrogens is 214 g/mol. The highest BCUT2D eigenvalue weighted by atomic mass is 16.2. The summed E-state index contributed by atoms with van der Waals surface area (Å²) in [5.41, 5.74) is 0.193. The Morgan fingerprint density at radius 1 is 1.18 bits per heavy atom. The molecule has 1 amide bonds. The number of carbonyl (C=O) groups is 1. The van der Waals surface area contributed by atoms with Crippen LogP contribution >= 0.6 is 0 Å². The summed E-state index contributed by atoms with van der Waals surface area (Å²) in [4.78, 5) is 16.8. The Bertz CT molecular complexity index is 279. The summed E-state index contributed by atoms with van der Waals surface area (Å²) in [6.45, 7) is 12.3. The van der Waals surface area contributed by atoms with Crippen molar-refractivity contribution in [2.45, 2.75) is 32.7 Å². The molecule has 0 spiro atoms. The Hall–Kier alpha value is -0.610. The largest absolute Gasteiger partial charge is 0.340 e. The van der Waals surface area contributed by atoms with Gasteiger partial charge in [0, 0.05) is 38.3 Å². The molecule has 0 aromatic rings. The predicted molar refractivity (Wildman–Crippen MR) is 68.9 cm³/mol. The van der Waals surface area contributed by atoms with Crippen molar-refractivity contribution in [3.8, 4) is 0 Å². The number of amides is 1. The van der Waals surface area contributed by atoms with Gasteiger partial charge < -0.3 is 10.2 Å². The number of hydrogen-bond donors (Lipinski definition) is 1. The zero-order valence-electron chi connectivity index (χ0n) is 11.3. The Balaban J connectivity index is 1.89. The van der Waals surface area contributed by atoms with Gasteiger partial charge in [-0.25, -0.2) is 0 Å². The number of hydrogen-bond acceptors (Lipinski definition) is 3. The molecule has 2 aliphatic heterocycles. The first-order valence-corrected chi connectivity index (χ1v) is 6.73. The quantitative estimate of drug-likeness (QED) is 0.725. The Morgan fingerprint density at radius 3 is 2.35 bits per heavy atom. The van der Waals surface area contributed by atoms with Crippen LogP contribution in [0.1, 0.15) is 27.2 Å². The monoisotopic (exact) mass is 239 g/mol. The minimum atomic E-state index is 0.193. The van der Waals surface area contributed by atoms with Gasteiger partial charge >= 0.3 is 0 Å². The average Bonchev–Trinajstić information content (AvgIpc) is 2.78. The molecule has 2 heterocycles. The molecule has 0 saturated carbocycles. The molecule has 4 nitrogen and oxygen atoms in total. The summed E-state index contributed by atoms with van der Waals surface area (Å²) >= 11 is 0. The van der Waals surface area contributed by atoms with Crippen LogP contribution in [0, 0.1) is 5.92 Å². The summed E-state index contributed by atoms with van der Waals surface area (Å²) in [6, 6.07) is 0. The van der Waals surface area contributed by atoms with Gasteiger partial charge in [0.2, 0.25) is 5.91 Å². The molecular formula is C13H25N3O. The Labute approximate surface area is 104 Å². The van der Waals surface area contributed by atoms with E-state index >= 15 is 0 Å². The first kappa shape index (κ1) is 12.8. The molecule has 1 atom stereocenters. The normalized spacial score (nSPS) is 27.5. The summed E-state index contributed by atoms with van der Waals surface area (Å²) in [7, 11) is 0. The van der Waals surface area contributed by atoms with Crippen molar-refractivity contribution < 1.29 is 4.79 Å². The van der Waals surface area contributed by atoms with Crippen molar-refractivity contribution in [3.63, 3.8) is 0 Å². The second kappa shape index (κ2) is 4.94. The van der Waals surface area contributed by atoms with E-state index < -0.39 is 0 Å². The first-order valence-electron chi connectivity index (χ1n) is 6.73. The maximum absolute atomic E-state index is 12.3. The lowest BCUT2D eigenvalue weighted by molar-refractivity contribution is -0.135. The zero-order chi connectivity index (χ0) is 12.5. The Morgan fingerprint density at radius 2 is 1.82 bits per heavy atom. The van der Waals surface area contributed by atoms with Crippen LogP contribution in [0.2, 0.25) is 0 Å². The number of rotatable bonds is 1. The van der Waals surface area contributed by atoms with Crippen LogP contribution in [0.3, 0.4) is 0 Å². The molecule has 0 aromatic carbocycles.